The number of unbranched alkanes of at least 4 members (excludes halogenated alkanes) is 1. The van der Waals surface area contributed by atoms with E-state index in [9.17, 15) is 14.4 Å². The molecule has 1 aromatic carbocycles. The number of carbonyl (C=O) groups excluding carboxylic acids is 3. The summed E-state index contributed by atoms with van der Waals surface area (Å²) in [5.41, 5.74) is 0.558. The van der Waals surface area contributed by atoms with Gasteiger partial charge in [-0.1, -0.05) is 45.2 Å². The maximum absolute atomic E-state index is 12.1. The second-order valence-electron chi connectivity index (χ2n) is 5.49. The highest BCUT2D eigenvalue weighted by molar-refractivity contribution is 8.77. The molecular formula is C16H17NO4S2. The van der Waals surface area contributed by atoms with Gasteiger partial charge in [-0.15, -0.1) is 0 Å². The molecule has 0 bridgehead atoms. The molecule has 1 fully saturated rings. The highest BCUT2D eigenvalue weighted by atomic mass is 33.1. The minimum Gasteiger partial charge on any atom is -0.330 e. The van der Waals surface area contributed by atoms with Crippen LogP contribution in [0.2, 0.25) is 0 Å². The highest BCUT2D eigenvalue weighted by Gasteiger charge is 2.38. The highest BCUT2D eigenvalue weighted by Crippen LogP contribution is 2.39. The molecule has 1 unspecified atom stereocenters. The molecule has 1 saturated heterocycles. The van der Waals surface area contributed by atoms with Crippen LogP contribution in [-0.2, 0) is 9.63 Å². The first-order valence-electron chi connectivity index (χ1n) is 7.63. The summed E-state index contributed by atoms with van der Waals surface area (Å²) in [6, 6.07) is 6.46. The summed E-state index contributed by atoms with van der Waals surface area (Å²) in [6.45, 7) is 0. The fourth-order valence-electron chi connectivity index (χ4n) is 2.60. The summed E-state index contributed by atoms with van der Waals surface area (Å²) < 4.78 is 0. The molecule has 2 heterocycles. The molecule has 2 amide bonds. The first-order chi connectivity index (χ1) is 11.2. The standard InChI is InChI=1S/C16H17NO4S2/c18-14(8-4-1-5-11-9-10-22-23-11)21-17-15(19)12-6-2-3-7-13(12)16(17)20/h2-3,6-7,11H,1,4-5,8-10H2. The predicted molar refractivity (Wildman–Crippen MR) is 90.0 cm³/mol. The van der Waals surface area contributed by atoms with Gasteiger partial charge in [0.05, 0.1) is 11.1 Å². The van der Waals surface area contributed by atoms with Gasteiger partial charge in [-0.2, -0.15) is 0 Å². The molecular weight excluding hydrogens is 334 g/mol. The van der Waals surface area contributed by atoms with Crippen LogP contribution in [0.25, 0.3) is 0 Å². The number of hydrogen-bond acceptors (Lipinski definition) is 6. The quantitative estimate of drug-likeness (QED) is 0.444. The summed E-state index contributed by atoms with van der Waals surface area (Å²) in [4.78, 5) is 41.0. The van der Waals surface area contributed by atoms with E-state index in [1.165, 1.54) is 12.2 Å². The van der Waals surface area contributed by atoms with Crippen LogP contribution in [0.3, 0.4) is 0 Å². The van der Waals surface area contributed by atoms with Crippen molar-refractivity contribution in [2.75, 3.05) is 5.75 Å². The van der Waals surface area contributed by atoms with Crippen LogP contribution in [0, 0.1) is 0 Å². The fourth-order valence-corrected chi connectivity index (χ4v) is 5.63. The van der Waals surface area contributed by atoms with Crippen molar-refractivity contribution < 1.29 is 19.2 Å². The number of fused-ring (bicyclic) bond motifs is 1. The lowest BCUT2D eigenvalue weighted by molar-refractivity contribution is -0.168. The molecule has 122 valence electrons. The second kappa shape index (κ2) is 7.40. The van der Waals surface area contributed by atoms with Crippen molar-refractivity contribution in [3.63, 3.8) is 0 Å². The Morgan fingerprint density at radius 3 is 2.48 bits per heavy atom. The predicted octanol–water partition coefficient (Wildman–Crippen LogP) is 3.45. The van der Waals surface area contributed by atoms with Crippen molar-refractivity contribution in [2.45, 2.75) is 37.4 Å². The number of hydroxylamine groups is 2. The van der Waals surface area contributed by atoms with Gasteiger partial charge in [-0.3, -0.25) is 9.59 Å². The number of nitrogens with zero attached hydrogens (tertiary/aromatic N) is 1. The minimum atomic E-state index is -0.571. The Labute approximate surface area is 142 Å². The van der Waals surface area contributed by atoms with Gasteiger partial charge in [0, 0.05) is 17.4 Å². The third-order valence-corrected chi connectivity index (χ3v) is 6.84. The molecule has 0 N–H and O–H groups in total. The Bertz CT molecular complexity index is 593. The fraction of sp³-hybridized carbons (Fsp3) is 0.438. The lowest BCUT2D eigenvalue weighted by atomic mass is 10.1. The first-order valence-corrected chi connectivity index (χ1v) is 10.0. The number of amides is 2. The van der Waals surface area contributed by atoms with Crippen molar-refractivity contribution >= 4 is 39.4 Å². The Hall–Kier alpha value is -1.47. The average molecular weight is 351 g/mol. The number of carbonyl (C=O) groups is 3. The number of benzene rings is 1. The maximum atomic E-state index is 12.1. The summed E-state index contributed by atoms with van der Waals surface area (Å²) in [7, 11) is 3.83. The molecule has 2 aliphatic rings. The molecule has 0 aliphatic carbocycles. The van der Waals surface area contributed by atoms with Crippen LogP contribution in [0.15, 0.2) is 24.3 Å². The Morgan fingerprint density at radius 1 is 1.17 bits per heavy atom. The molecule has 1 aromatic rings. The van der Waals surface area contributed by atoms with E-state index >= 15 is 0 Å². The zero-order valence-electron chi connectivity index (χ0n) is 12.5. The lowest BCUT2D eigenvalue weighted by Crippen LogP contribution is -2.32. The SMILES string of the molecule is O=C(CCCCC1CCSS1)ON1C(=O)c2ccccc2C1=O. The summed E-state index contributed by atoms with van der Waals surface area (Å²) >= 11 is 0. The van der Waals surface area contributed by atoms with Gasteiger partial charge < -0.3 is 4.84 Å². The van der Waals surface area contributed by atoms with Gasteiger partial charge in [-0.05, 0) is 31.4 Å². The van der Waals surface area contributed by atoms with Crippen LogP contribution in [0.1, 0.15) is 52.8 Å². The lowest BCUT2D eigenvalue weighted by Gasteiger charge is -2.12. The molecule has 1 atom stereocenters. The minimum absolute atomic E-state index is 0.220. The Balaban J connectivity index is 1.45. The van der Waals surface area contributed by atoms with E-state index in [1.54, 1.807) is 24.3 Å². The molecule has 7 heteroatoms. The smallest absolute Gasteiger partial charge is 0.330 e. The van der Waals surface area contributed by atoms with Crippen LogP contribution < -0.4 is 0 Å². The van der Waals surface area contributed by atoms with Crippen LogP contribution >= 0.6 is 21.6 Å². The van der Waals surface area contributed by atoms with Crippen molar-refractivity contribution in [3.8, 4) is 0 Å². The van der Waals surface area contributed by atoms with E-state index in [2.05, 4.69) is 0 Å². The normalized spacial score (nSPS) is 20.0. The van der Waals surface area contributed by atoms with E-state index in [4.69, 9.17) is 4.84 Å². The second-order valence-corrected chi connectivity index (χ2v) is 8.28. The Morgan fingerprint density at radius 2 is 1.87 bits per heavy atom. The van der Waals surface area contributed by atoms with E-state index in [-0.39, 0.29) is 17.5 Å². The number of imide groups is 1. The van der Waals surface area contributed by atoms with E-state index in [1.807, 2.05) is 21.6 Å². The third-order valence-electron chi connectivity index (χ3n) is 3.83. The zero-order chi connectivity index (χ0) is 16.2. The van der Waals surface area contributed by atoms with Crippen LogP contribution in [-0.4, -0.2) is 33.8 Å². The van der Waals surface area contributed by atoms with E-state index in [0.717, 1.165) is 12.8 Å². The Kier molecular flexibility index (Phi) is 5.27. The molecule has 5 nitrogen and oxygen atoms in total. The topological polar surface area (TPSA) is 63.7 Å². The molecule has 3 rings (SSSR count). The van der Waals surface area contributed by atoms with Gasteiger partial charge in [0.2, 0.25) is 0 Å². The molecule has 0 saturated carbocycles. The van der Waals surface area contributed by atoms with Gasteiger partial charge in [0.25, 0.3) is 11.8 Å². The molecule has 0 aromatic heterocycles. The summed E-state index contributed by atoms with van der Waals surface area (Å²) in [6.07, 6.45) is 4.21. The van der Waals surface area contributed by atoms with Crippen LogP contribution in [0.4, 0.5) is 0 Å². The van der Waals surface area contributed by atoms with Crippen molar-refractivity contribution in [1.82, 2.24) is 5.06 Å². The molecule has 2 aliphatic heterocycles. The first kappa shape index (κ1) is 16.4. The molecule has 0 spiro atoms. The van der Waals surface area contributed by atoms with Gasteiger partial charge >= 0.3 is 5.97 Å². The van der Waals surface area contributed by atoms with Crippen molar-refractivity contribution in [1.29, 1.82) is 0 Å². The van der Waals surface area contributed by atoms with E-state index in [0.29, 0.717) is 16.7 Å². The average Bonchev–Trinajstić information content (AvgIpc) is 3.15. The molecule has 0 radical (unpaired) electrons. The van der Waals surface area contributed by atoms with Crippen molar-refractivity contribution in [2.24, 2.45) is 0 Å². The largest absolute Gasteiger partial charge is 0.333 e. The molecule has 23 heavy (non-hydrogen) atoms. The summed E-state index contributed by atoms with van der Waals surface area (Å²) in [5, 5.41) is 1.27. The third kappa shape index (κ3) is 3.72. The van der Waals surface area contributed by atoms with E-state index < -0.39 is 17.8 Å². The van der Waals surface area contributed by atoms with Gasteiger partial charge in [-0.25, -0.2) is 4.79 Å². The monoisotopic (exact) mass is 351 g/mol. The number of hydrogen-bond donors (Lipinski definition) is 0. The number of rotatable bonds is 6. The van der Waals surface area contributed by atoms with Crippen molar-refractivity contribution in [3.05, 3.63) is 35.4 Å². The summed E-state index contributed by atoms with van der Waals surface area (Å²) in [5.74, 6) is -0.471. The maximum Gasteiger partial charge on any atom is 0.333 e. The van der Waals surface area contributed by atoms with Gasteiger partial charge in [0.1, 0.15) is 0 Å². The van der Waals surface area contributed by atoms with Gasteiger partial charge in [0.15, 0.2) is 0 Å². The van der Waals surface area contributed by atoms with Crippen LogP contribution in [0.5, 0.6) is 0 Å². The zero-order valence-corrected chi connectivity index (χ0v) is 14.2.